The van der Waals surface area contributed by atoms with Crippen LogP contribution in [0, 0.1) is 5.92 Å². The molecule has 0 heterocycles. The van der Waals surface area contributed by atoms with Gasteiger partial charge in [0.25, 0.3) is 0 Å². The van der Waals surface area contributed by atoms with Crippen LogP contribution >= 0.6 is 0 Å². The first-order chi connectivity index (χ1) is 2.93. The molecule has 1 nitrogen and oxygen atoms in total. The van der Waals surface area contributed by atoms with Crippen LogP contribution in [0.1, 0.15) is 6.42 Å². The first-order valence-electron chi connectivity index (χ1n) is 2.30. The average molecular weight is 83.1 g/mol. The van der Waals surface area contributed by atoms with Gasteiger partial charge in [-0.2, -0.15) is 0 Å². The highest BCUT2D eigenvalue weighted by Gasteiger charge is 2.04. The first-order valence-corrected chi connectivity index (χ1v) is 2.30. The molecule has 0 aromatic heterocycles. The quantitative estimate of drug-likeness (QED) is 0.459. The van der Waals surface area contributed by atoms with Crippen LogP contribution in [0.3, 0.4) is 0 Å². The summed E-state index contributed by atoms with van der Waals surface area (Å²) in [6.45, 7) is 0.830. The maximum atomic E-state index is 5.28. The molecule has 1 heteroatoms. The van der Waals surface area contributed by atoms with Crippen molar-refractivity contribution in [3.8, 4) is 0 Å². The highest BCUT2D eigenvalue weighted by molar-refractivity contribution is 5.01. The molecule has 34 valence electrons. The molecule has 1 atom stereocenters. The summed E-state index contributed by atoms with van der Waals surface area (Å²) in [5, 5.41) is 0. The van der Waals surface area contributed by atoms with Crippen molar-refractivity contribution in [2.45, 2.75) is 6.42 Å². The second kappa shape index (κ2) is 1.43. The van der Waals surface area contributed by atoms with Crippen LogP contribution in [-0.2, 0) is 0 Å². The molecule has 2 N–H and O–H groups in total. The molecule has 0 amide bonds. The van der Waals surface area contributed by atoms with Crippen LogP contribution < -0.4 is 5.73 Å². The van der Waals surface area contributed by atoms with Crippen LogP contribution in [0.25, 0.3) is 0 Å². The minimum atomic E-state index is 0.713. The highest BCUT2D eigenvalue weighted by atomic mass is 14.5. The Hall–Kier alpha value is -0.300. The van der Waals surface area contributed by atoms with E-state index in [0.29, 0.717) is 5.92 Å². The smallest absolute Gasteiger partial charge is 0.00112 e. The molecule has 0 bridgehead atoms. The average Bonchev–Trinajstić information content (AvgIpc) is 1.31. The fraction of sp³-hybridized carbons (Fsp3) is 0.600. The summed E-state index contributed by atoms with van der Waals surface area (Å²) in [5.74, 6) is 0.713. The Morgan fingerprint density at radius 3 is 2.50 bits per heavy atom. The largest absolute Gasteiger partial charge is 0.330 e. The molecule has 1 rings (SSSR count). The zero-order valence-corrected chi connectivity index (χ0v) is 3.72. The Bertz CT molecular complexity index is 66.3. The molecule has 6 heavy (non-hydrogen) atoms. The molecule has 0 saturated heterocycles. The SMILES string of the molecule is NC[C@H]1C=CC1. The maximum absolute atomic E-state index is 5.28. The van der Waals surface area contributed by atoms with E-state index in [9.17, 15) is 0 Å². The standard InChI is InChI=1S/C5H9N/c6-4-5-2-1-3-5/h1-2,5H,3-4,6H2/t5-/m0/s1. The Morgan fingerprint density at radius 1 is 1.83 bits per heavy atom. The maximum Gasteiger partial charge on any atom is -0.00112 e. The second-order valence-electron chi connectivity index (χ2n) is 1.66. The van der Waals surface area contributed by atoms with Crippen molar-refractivity contribution < 1.29 is 0 Å². The van der Waals surface area contributed by atoms with Crippen molar-refractivity contribution in [3.63, 3.8) is 0 Å². The van der Waals surface area contributed by atoms with Crippen molar-refractivity contribution in [1.29, 1.82) is 0 Å². The zero-order valence-electron chi connectivity index (χ0n) is 3.72. The third-order valence-electron chi connectivity index (χ3n) is 1.15. The van der Waals surface area contributed by atoms with Crippen LogP contribution in [-0.4, -0.2) is 6.54 Å². The number of allylic oxidation sites excluding steroid dienone is 1. The van der Waals surface area contributed by atoms with E-state index in [1.807, 2.05) is 0 Å². The van der Waals surface area contributed by atoms with Crippen LogP contribution in [0.5, 0.6) is 0 Å². The molecule has 0 fully saturated rings. The van der Waals surface area contributed by atoms with Crippen molar-refractivity contribution in [2.24, 2.45) is 11.7 Å². The van der Waals surface area contributed by atoms with Crippen LogP contribution in [0.15, 0.2) is 12.2 Å². The van der Waals surface area contributed by atoms with E-state index in [0.717, 1.165) is 6.54 Å². The van der Waals surface area contributed by atoms with E-state index < -0.39 is 0 Å². The van der Waals surface area contributed by atoms with E-state index in [2.05, 4.69) is 12.2 Å². The van der Waals surface area contributed by atoms with Gasteiger partial charge in [0.2, 0.25) is 0 Å². The summed E-state index contributed by atoms with van der Waals surface area (Å²) in [6.07, 6.45) is 5.51. The van der Waals surface area contributed by atoms with Gasteiger partial charge in [-0.3, -0.25) is 0 Å². The van der Waals surface area contributed by atoms with Gasteiger partial charge in [-0.25, -0.2) is 0 Å². The zero-order chi connectivity index (χ0) is 4.41. The van der Waals surface area contributed by atoms with Crippen LogP contribution in [0.4, 0.5) is 0 Å². The number of hydrogen-bond donors (Lipinski definition) is 1. The predicted molar refractivity (Wildman–Crippen MR) is 26.3 cm³/mol. The van der Waals surface area contributed by atoms with Gasteiger partial charge in [0.15, 0.2) is 0 Å². The third kappa shape index (κ3) is 0.455. The van der Waals surface area contributed by atoms with Gasteiger partial charge in [-0.1, -0.05) is 12.2 Å². The highest BCUT2D eigenvalue weighted by Crippen LogP contribution is 2.13. The Morgan fingerprint density at radius 2 is 2.50 bits per heavy atom. The van der Waals surface area contributed by atoms with Crippen molar-refractivity contribution >= 4 is 0 Å². The molecule has 0 aromatic rings. The lowest BCUT2D eigenvalue weighted by atomic mass is 9.96. The second-order valence-corrected chi connectivity index (χ2v) is 1.66. The minimum Gasteiger partial charge on any atom is -0.330 e. The molecule has 0 aliphatic heterocycles. The fourth-order valence-electron chi connectivity index (χ4n) is 0.503. The molecule has 0 aromatic carbocycles. The van der Waals surface area contributed by atoms with Gasteiger partial charge in [0, 0.05) is 0 Å². The Labute approximate surface area is 37.8 Å². The topological polar surface area (TPSA) is 26.0 Å². The molecule has 0 radical (unpaired) electrons. The lowest BCUT2D eigenvalue weighted by Crippen LogP contribution is -2.15. The van der Waals surface area contributed by atoms with E-state index in [1.54, 1.807) is 0 Å². The third-order valence-corrected chi connectivity index (χ3v) is 1.15. The summed E-state index contributed by atoms with van der Waals surface area (Å²) < 4.78 is 0. The molecule has 0 spiro atoms. The summed E-state index contributed by atoms with van der Waals surface area (Å²) in [4.78, 5) is 0. The van der Waals surface area contributed by atoms with E-state index in [-0.39, 0.29) is 0 Å². The lowest BCUT2D eigenvalue weighted by Gasteiger charge is -2.12. The van der Waals surface area contributed by atoms with Crippen molar-refractivity contribution in [1.82, 2.24) is 0 Å². The molecular formula is C5H9N. The predicted octanol–water partition coefficient (Wildman–Crippen LogP) is 0.521. The van der Waals surface area contributed by atoms with Crippen molar-refractivity contribution in [3.05, 3.63) is 12.2 Å². The summed E-state index contributed by atoms with van der Waals surface area (Å²) in [5.41, 5.74) is 5.28. The molecule has 1 aliphatic carbocycles. The first kappa shape index (κ1) is 3.88. The summed E-state index contributed by atoms with van der Waals surface area (Å²) in [7, 11) is 0. The van der Waals surface area contributed by atoms with E-state index in [1.165, 1.54) is 6.42 Å². The number of nitrogens with two attached hydrogens (primary N) is 1. The number of hydrogen-bond acceptors (Lipinski definition) is 1. The lowest BCUT2D eigenvalue weighted by molar-refractivity contribution is 0.623. The van der Waals surface area contributed by atoms with Gasteiger partial charge in [0.1, 0.15) is 0 Å². The molecule has 1 aliphatic rings. The van der Waals surface area contributed by atoms with E-state index >= 15 is 0 Å². The van der Waals surface area contributed by atoms with Crippen LogP contribution in [0.2, 0.25) is 0 Å². The Kier molecular flexibility index (Phi) is 0.926. The molecule has 0 saturated carbocycles. The number of rotatable bonds is 1. The normalized spacial score (nSPS) is 29.8. The molecular weight excluding hydrogens is 74.1 g/mol. The monoisotopic (exact) mass is 83.1 g/mol. The van der Waals surface area contributed by atoms with Gasteiger partial charge in [0.05, 0.1) is 0 Å². The van der Waals surface area contributed by atoms with Gasteiger partial charge < -0.3 is 5.73 Å². The van der Waals surface area contributed by atoms with Gasteiger partial charge in [-0.05, 0) is 18.9 Å². The van der Waals surface area contributed by atoms with Crippen molar-refractivity contribution in [2.75, 3.05) is 6.54 Å². The van der Waals surface area contributed by atoms with E-state index in [4.69, 9.17) is 5.73 Å². The fourth-order valence-corrected chi connectivity index (χ4v) is 0.503. The van der Waals surface area contributed by atoms with Gasteiger partial charge >= 0.3 is 0 Å². The minimum absolute atomic E-state index is 0.713. The summed E-state index contributed by atoms with van der Waals surface area (Å²) >= 11 is 0. The molecule has 0 unspecified atom stereocenters. The summed E-state index contributed by atoms with van der Waals surface area (Å²) in [6, 6.07) is 0. The van der Waals surface area contributed by atoms with Gasteiger partial charge in [-0.15, -0.1) is 0 Å². The Balaban J connectivity index is 2.21.